The van der Waals surface area contributed by atoms with E-state index in [2.05, 4.69) is 13.8 Å². The Hall–Kier alpha value is -3.97. The van der Waals surface area contributed by atoms with Gasteiger partial charge in [-0.25, -0.2) is 4.79 Å². The fourth-order valence-electron chi connectivity index (χ4n) is 4.57. The predicted molar refractivity (Wildman–Crippen MR) is 147 cm³/mol. The Balaban J connectivity index is 1.87. The number of para-hydroxylation sites is 1. The van der Waals surface area contributed by atoms with Gasteiger partial charge in [-0.05, 0) is 55.6 Å². The number of hydrogen-bond donors (Lipinski definition) is 1. The second-order valence-electron chi connectivity index (χ2n) is 9.66. The lowest BCUT2D eigenvalue weighted by Gasteiger charge is -2.34. The van der Waals surface area contributed by atoms with Gasteiger partial charge in [0.2, 0.25) is 0 Å². The minimum absolute atomic E-state index is 0.00674. The van der Waals surface area contributed by atoms with Crippen molar-refractivity contribution >= 4 is 5.91 Å². The average Bonchev–Trinajstić information content (AvgIpc) is 3.22. The van der Waals surface area contributed by atoms with Crippen LogP contribution in [0.3, 0.4) is 0 Å². The molecule has 1 atom stereocenters. The molecule has 192 valence electrons. The summed E-state index contributed by atoms with van der Waals surface area (Å²) in [7, 11) is 0. The van der Waals surface area contributed by atoms with Gasteiger partial charge in [-0.1, -0.05) is 80.1 Å². The van der Waals surface area contributed by atoms with E-state index in [1.807, 2.05) is 96.8 Å². The molecule has 3 aromatic carbocycles. The number of benzene rings is 3. The minimum atomic E-state index is -0.429. The molecule has 0 aliphatic rings. The number of aromatic nitrogens is 3. The van der Waals surface area contributed by atoms with Crippen LogP contribution in [0.4, 0.5) is 0 Å². The van der Waals surface area contributed by atoms with Gasteiger partial charge in [0.25, 0.3) is 5.91 Å². The zero-order valence-corrected chi connectivity index (χ0v) is 21.7. The summed E-state index contributed by atoms with van der Waals surface area (Å²) < 4.78 is 3.13. The van der Waals surface area contributed by atoms with Gasteiger partial charge in [-0.15, -0.1) is 5.10 Å². The maximum Gasteiger partial charge on any atom is 0.351 e. The molecule has 0 aliphatic carbocycles. The monoisotopic (exact) mass is 497 g/mol. The second-order valence-corrected chi connectivity index (χ2v) is 9.66. The van der Waals surface area contributed by atoms with Crippen LogP contribution >= 0.6 is 0 Å². The molecule has 0 saturated heterocycles. The van der Waals surface area contributed by atoms with E-state index in [1.165, 1.54) is 4.68 Å². The Morgan fingerprint density at radius 3 is 2.16 bits per heavy atom. The van der Waals surface area contributed by atoms with E-state index in [4.69, 9.17) is 10.8 Å². The molecule has 1 heterocycles. The number of aryl methyl sites for hydroxylation is 1. The molecule has 0 fully saturated rings. The number of nitrogens with two attached hydrogens (primary N) is 1. The summed E-state index contributed by atoms with van der Waals surface area (Å²) in [5.41, 5.74) is 8.99. The van der Waals surface area contributed by atoms with Gasteiger partial charge < -0.3 is 10.6 Å². The highest BCUT2D eigenvalue weighted by molar-refractivity contribution is 5.94. The smallest absolute Gasteiger partial charge is 0.330 e. The lowest BCUT2D eigenvalue weighted by atomic mass is 9.99. The normalized spacial score (nSPS) is 12.0. The maximum absolute atomic E-state index is 13.9. The molecule has 1 aromatic heterocycles. The number of amides is 1. The fraction of sp³-hybridized carbons (Fsp3) is 0.300. The third kappa shape index (κ3) is 5.89. The van der Waals surface area contributed by atoms with E-state index in [-0.39, 0.29) is 17.5 Å². The molecule has 0 aliphatic heterocycles. The largest absolute Gasteiger partial charge is 0.351 e. The first kappa shape index (κ1) is 26.1. The van der Waals surface area contributed by atoms with Crippen LogP contribution < -0.4 is 11.4 Å². The second kappa shape index (κ2) is 11.8. The topological polar surface area (TPSA) is 86.2 Å². The van der Waals surface area contributed by atoms with E-state index in [0.717, 1.165) is 11.1 Å². The van der Waals surface area contributed by atoms with E-state index in [1.54, 1.807) is 4.57 Å². The van der Waals surface area contributed by atoms with Crippen LogP contribution in [0.25, 0.3) is 5.69 Å². The van der Waals surface area contributed by atoms with Crippen LogP contribution in [0.5, 0.6) is 0 Å². The Kier molecular flexibility index (Phi) is 8.36. The van der Waals surface area contributed by atoms with Gasteiger partial charge >= 0.3 is 5.69 Å². The SMILES string of the molecule is Cc1ccc(C(=O)N(CCCN)C(c2nn(-c3ccccc3)c(=O)n2Cc2ccccc2)C(C)C)cc1. The van der Waals surface area contributed by atoms with Gasteiger partial charge in [0.1, 0.15) is 0 Å². The summed E-state index contributed by atoms with van der Waals surface area (Å²) in [5, 5.41) is 4.86. The van der Waals surface area contributed by atoms with Crippen molar-refractivity contribution in [3.63, 3.8) is 0 Å². The molecule has 37 heavy (non-hydrogen) atoms. The molecule has 1 amide bonds. The highest BCUT2D eigenvalue weighted by Gasteiger charge is 2.34. The van der Waals surface area contributed by atoms with Crippen LogP contribution in [0, 0.1) is 12.8 Å². The highest BCUT2D eigenvalue weighted by atomic mass is 16.2. The Bertz CT molecular complexity index is 1360. The number of nitrogens with zero attached hydrogens (tertiary/aromatic N) is 4. The first-order valence-corrected chi connectivity index (χ1v) is 12.8. The fourth-order valence-corrected chi connectivity index (χ4v) is 4.57. The first-order chi connectivity index (χ1) is 17.9. The van der Waals surface area contributed by atoms with Gasteiger partial charge in [0, 0.05) is 12.1 Å². The van der Waals surface area contributed by atoms with Crippen LogP contribution in [0.2, 0.25) is 0 Å². The Labute approximate surface area is 218 Å². The molecule has 0 bridgehead atoms. The summed E-state index contributed by atoms with van der Waals surface area (Å²) in [4.78, 5) is 29.5. The van der Waals surface area contributed by atoms with E-state index < -0.39 is 6.04 Å². The van der Waals surface area contributed by atoms with Crippen molar-refractivity contribution in [1.82, 2.24) is 19.2 Å². The Morgan fingerprint density at radius 1 is 0.946 bits per heavy atom. The van der Waals surface area contributed by atoms with Crippen molar-refractivity contribution in [3.05, 3.63) is 118 Å². The lowest BCUT2D eigenvalue weighted by Crippen LogP contribution is -2.40. The number of hydrogen-bond acceptors (Lipinski definition) is 4. The van der Waals surface area contributed by atoms with Crippen molar-refractivity contribution in [2.75, 3.05) is 13.1 Å². The molecule has 0 saturated carbocycles. The molecule has 0 spiro atoms. The number of carbonyl (C=O) groups excluding carboxylic acids is 1. The van der Waals surface area contributed by atoms with Crippen molar-refractivity contribution in [2.24, 2.45) is 11.7 Å². The first-order valence-electron chi connectivity index (χ1n) is 12.8. The van der Waals surface area contributed by atoms with E-state index in [0.29, 0.717) is 43.1 Å². The summed E-state index contributed by atoms with van der Waals surface area (Å²) in [6, 6.07) is 26.4. The third-order valence-corrected chi connectivity index (χ3v) is 6.47. The van der Waals surface area contributed by atoms with Crippen molar-refractivity contribution in [1.29, 1.82) is 0 Å². The van der Waals surface area contributed by atoms with Crippen LogP contribution in [0.15, 0.2) is 89.7 Å². The molecule has 1 unspecified atom stereocenters. The van der Waals surface area contributed by atoms with Gasteiger partial charge in [-0.2, -0.15) is 4.68 Å². The lowest BCUT2D eigenvalue weighted by molar-refractivity contribution is 0.0603. The van der Waals surface area contributed by atoms with Crippen molar-refractivity contribution in [3.8, 4) is 5.69 Å². The molecule has 4 rings (SSSR count). The summed E-state index contributed by atoms with van der Waals surface area (Å²) in [5.74, 6) is 0.457. The molecule has 7 nitrogen and oxygen atoms in total. The standard InChI is InChI=1S/C30H35N5O2/c1-22(2)27(33(20-10-19-31)29(36)25-17-15-23(3)16-18-25)28-32-35(26-13-8-5-9-14-26)30(37)34(28)21-24-11-6-4-7-12-24/h4-9,11-18,22,27H,10,19-21,31H2,1-3H3. The van der Waals surface area contributed by atoms with Crippen LogP contribution in [-0.2, 0) is 6.54 Å². The Morgan fingerprint density at radius 2 is 1.57 bits per heavy atom. The van der Waals surface area contributed by atoms with Crippen LogP contribution in [-0.4, -0.2) is 38.2 Å². The molecular weight excluding hydrogens is 462 g/mol. The van der Waals surface area contributed by atoms with Crippen LogP contribution in [0.1, 0.15) is 53.6 Å². The average molecular weight is 498 g/mol. The number of rotatable bonds is 10. The van der Waals surface area contributed by atoms with E-state index in [9.17, 15) is 9.59 Å². The summed E-state index contributed by atoms with van der Waals surface area (Å²) in [6.07, 6.45) is 0.642. The minimum Gasteiger partial charge on any atom is -0.330 e. The summed E-state index contributed by atoms with van der Waals surface area (Å²) >= 11 is 0. The zero-order valence-electron chi connectivity index (χ0n) is 21.7. The van der Waals surface area contributed by atoms with E-state index >= 15 is 0 Å². The summed E-state index contributed by atoms with van der Waals surface area (Å²) in [6.45, 7) is 7.38. The number of carbonyl (C=O) groups is 1. The van der Waals surface area contributed by atoms with Gasteiger partial charge in [-0.3, -0.25) is 9.36 Å². The molecule has 0 radical (unpaired) electrons. The van der Waals surface area contributed by atoms with Crippen molar-refractivity contribution < 1.29 is 4.79 Å². The zero-order chi connectivity index (χ0) is 26.4. The quantitative estimate of drug-likeness (QED) is 0.348. The molecule has 7 heteroatoms. The third-order valence-electron chi connectivity index (χ3n) is 6.47. The molecule has 4 aromatic rings. The predicted octanol–water partition coefficient (Wildman–Crippen LogP) is 4.58. The highest BCUT2D eigenvalue weighted by Crippen LogP contribution is 2.29. The van der Waals surface area contributed by atoms with Crippen molar-refractivity contribution in [2.45, 2.75) is 39.8 Å². The maximum atomic E-state index is 13.9. The molecular formula is C30H35N5O2. The molecule has 2 N–H and O–H groups in total. The van der Waals surface area contributed by atoms with Gasteiger partial charge in [0.15, 0.2) is 5.82 Å². The van der Waals surface area contributed by atoms with Gasteiger partial charge in [0.05, 0.1) is 18.3 Å².